The number of nitrogens with zero attached hydrogens (tertiary/aromatic N) is 1. The van der Waals surface area contributed by atoms with Crippen LogP contribution < -0.4 is 5.73 Å². The van der Waals surface area contributed by atoms with Crippen LogP contribution in [-0.2, 0) is 10.0 Å². The Kier molecular flexibility index (Phi) is 4.73. The van der Waals surface area contributed by atoms with Gasteiger partial charge in [0.1, 0.15) is 0 Å². The highest BCUT2D eigenvalue weighted by molar-refractivity contribution is 9.10. The number of aliphatic hydroxyl groups is 1. The monoisotopic (exact) mass is 362 g/mol. The van der Waals surface area contributed by atoms with Gasteiger partial charge in [0.15, 0.2) is 0 Å². The number of sulfonamides is 1. The van der Waals surface area contributed by atoms with Gasteiger partial charge in [-0.15, -0.1) is 0 Å². The largest absolute Gasteiger partial charge is 0.398 e. The van der Waals surface area contributed by atoms with Gasteiger partial charge in [0.25, 0.3) is 0 Å². The Labute approximate surface area is 128 Å². The van der Waals surface area contributed by atoms with E-state index in [1.54, 1.807) is 13.0 Å². The van der Waals surface area contributed by atoms with Gasteiger partial charge < -0.3 is 10.8 Å². The minimum absolute atomic E-state index is 0.00331. The van der Waals surface area contributed by atoms with Gasteiger partial charge in [-0.3, -0.25) is 0 Å². The maximum absolute atomic E-state index is 12.8. The van der Waals surface area contributed by atoms with Gasteiger partial charge >= 0.3 is 0 Å². The number of aliphatic hydroxyl groups excluding tert-OH is 1. The second-order valence-electron chi connectivity index (χ2n) is 5.06. The van der Waals surface area contributed by atoms with Crippen molar-refractivity contribution in [3.05, 3.63) is 22.2 Å². The minimum atomic E-state index is -3.62. The molecule has 0 saturated heterocycles. The molecule has 0 aliphatic heterocycles. The SMILES string of the molecule is Cc1cc(Br)c(N)cc1S(=O)(=O)N(CCO)C1CCC1. The third-order valence-electron chi connectivity index (χ3n) is 3.68. The number of nitrogens with two attached hydrogens (primary N) is 1. The Hall–Kier alpha value is -0.630. The molecule has 0 aromatic heterocycles. The molecule has 0 heterocycles. The van der Waals surface area contributed by atoms with Crippen LogP contribution in [0.5, 0.6) is 0 Å². The van der Waals surface area contributed by atoms with Crippen molar-refractivity contribution in [3.8, 4) is 0 Å². The molecule has 20 heavy (non-hydrogen) atoms. The molecule has 0 atom stereocenters. The molecule has 1 fully saturated rings. The first-order valence-electron chi connectivity index (χ1n) is 6.56. The standard InChI is InChI=1S/C13H19BrN2O3S/c1-9-7-11(14)12(15)8-13(9)20(18,19)16(5-6-17)10-3-2-4-10/h7-8,10,17H,2-6,15H2,1H3. The Morgan fingerprint density at radius 2 is 2.10 bits per heavy atom. The Morgan fingerprint density at radius 3 is 2.60 bits per heavy atom. The van der Waals surface area contributed by atoms with Crippen LogP contribution in [0.4, 0.5) is 5.69 Å². The lowest BCUT2D eigenvalue weighted by Gasteiger charge is -2.36. The Bertz CT molecular complexity index is 600. The van der Waals surface area contributed by atoms with Crippen LogP contribution in [0.2, 0.25) is 0 Å². The fourth-order valence-corrected chi connectivity index (χ4v) is 4.72. The van der Waals surface area contributed by atoms with Crippen molar-refractivity contribution in [1.82, 2.24) is 4.31 Å². The van der Waals surface area contributed by atoms with E-state index in [-0.39, 0.29) is 24.1 Å². The van der Waals surface area contributed by atoms with Crippen molar-refractivity contribution in [2.45, 2.75) is 37.1 Å². The molecule has 1 aromatic carbocycles. The van der Waals surface area contributed by atoms with Crippen LogP contribution >= 0.6 is 15.9 Å². The van der Waals surface area contributed by atoms with Crippen LogP contribution in [-0.4, -0.2) is 37.0 Å². The summed E-state index contributed by atoms with van der Waals surface area (Å²) in [6.45, 7) is 1.69. The number of anilines is 1. The lowest BCUT2D eigenvalue weighted by Crippen LogP contribution is -2.45. The number of nitrogen functional groups attached to an aromatic ring is 1. The van der Waals surface area contributed by atoms with Crippen molar-refractivity contribution >= 4 is 31.6 Å². The average molecular weight is 363 g/mol. The summed E-state index contributed by atoms with van der Waals surface area (Å²) in [7, 11) is -3.62. The molecular weight excluding hydrogens is 344 g/mol. The van der Waals surface area contributed by atoms with Gasteiger partial charge in [0.2, 0.25) is 10.0 Å². The Morgan fingerprint density at radius 1 is 1.45 bits per heavy atom. The van der Waals surface area contributed by atoms with Crippen LogP contribution in [0.1, 0.15) is 24.8 Å². The average Bonchev–Trinajstić information content (AvgIpc) is 2.30. The van der Waals surface area contributed by atoms with Crippen molar-refractivity contribution in [1.29, 1.82) is 0 Å². The zero-order valence-corrected chi connectivity index (χ0v) is 13.7. The van der Waals surface area contributed by atoms with Crippen molar-refractivity contribution in [2.24, 2.45) is 0 Å². The maximum Gasteiger partial charge on any atom is 0.243 e. The topological polar surface area (TPSA) is 83.6 Å². The minimum Gasteiger partial charge on any atom is -0.398 e. The molecule has 1 aliphatic carbocycles. The molecule has 112 valence electrons. The number of halogens is 1. The normalized spacial score (nSPS) is 16.4. The number of aryl methyl sites for hydroxylation is 1. The summed E-state index contributed by atoms with van der Waals surface area (Å²) in [5.74, 6) is 0. The fourth-order valence-electron chi connectivity index (χ4n) is 2.35. The summed E-state index contributed by atoms with van der Waals surface area (Å²) >= 11 is 3.30. The highest BCUT2D eigenvalue weighted by Crippen LogP contribution is 2.33. The molecule has 2 rings (SSSR count). The van der Waals surface area contributed by atoms with E-state index in [9.17, 15) is 8.42 Å². The molecule has 0 bridgehead atoms. The van der Waals surface area contributed by atoms with E-state index in [1.165, 1.54) is 10.4 Å². The molecule has 0 spiro atoms. The van der Waals surface area contributed by atoms with Gasteiger partial charge in [-0.2, -0.15) is 4.31 Å². The second-order valence-corrected chi connectivity index (χ2v) is 7.78. The third-order valence-corrected chi connectivity index (χ3v) is 6.46. The van der Waals surface area contributed by atoms with E-state index in [4.69, 9.17) is 10.8 Å². The molecule has 1 saturated carbocycles. The quantitative estimate of drug-likeness (QED) is 0.783. The zero-order valence-electron chi connectivity index (χ0n) is 11.3. The van der Waals surface area contributed by atoms with Crippen molar-refractivity contribution < 1.29 is 13.5 Å². The Balaban J connectivity index is 2.44. The van der Waals surface area contributed by atoms with Crippen LogP contribution in [0.25, 0.3) is 0 Å². The highest BCUT2D eigenvalue weighted by atomic mass is 79.9. The first-order chi connectivity index (χ1) is 9.37. The number of hydrogen-bond acceptors (Lipinski definition) is 4. The molecule has 0 unspecified atom stereocenters. The summed E-state index contributed by atoms with van der Waals surface area (Å²) in [4.78, 5) is 0.221. The van der Waals surface area contributed by atoms with Gasteiger partial charge in [0, 0.05) is 22.7 Å². The van der Waals surface area contributed by atoms with Crippen molar-refractivity contribution in [2.75, 3.05) is 18.9 Å². The summed E-state index contributed by atoms with van der Waals surface area (Å²) < 4.78 is 27.7. The van der Waals surface area contributed by atoms with E-state index >= 15 is 0 Å². The van der Waals surface area contributed by atoms with E-state index in [2.05, 4.69) is 15.9 Å². The first kappa shape index (κ1) is 15.8. The van der Waals surface area contributed by atoms with Gasteiger partial charge in [-0.05, 0) is 53.4 Å². The molecule has 7 heteroatoms. The predicted octanol–water partition coefficient (Wildman–Crippen LogP) is 1.88. The fraction of sp³-hybridized carbons (Fsp3) is 0.538. The lowest BCUT2D eigenvalue weighted by molar-refractivity contribution is 0.178. The van der Waals surface area contributed by atoms with E-state index < -0.39 is 10.0 Å². The van der Waals surface area contributed by atoms with E-state index in [1.807, 2.05) is 0 Å². The summed E-state index contributed by atoms with van der Waals surface area (Å²) in [5, 5.41) is 9.15. The lowest BCUT2D eigenvalue weighted by atomic mass is 9.93. The molecular formula is C13H19BrN2O3S. The molecule has 1 aromatic rings. The van der Waals surface area contributed by atoms with Crippen LogP contribution in [0.3, 0.4) is 0 Å². The van der Waals surface area contributed by atoms with Crippen molar-refractivity contribution in [3.63, 3.8) is 0 Å². The third kappa shape index (κ3) is 2.86. The molecule has 0 amide bonds. The van der Waals surface area contributed by atoms with Gasteiger partial charge in [0.05, 0.1) is 11.5 Å². The first-order valence-corrected chi connectivity index (χ1v) is 8.79. The van der Waals surface area contributed by atoms with Crippen LogP contribution in [0.15, 0.2) is 21.5 Å². The summed E-state index contributed by atoms with van der Waals surface area (Å²) in [6.07, 6.45) is 2.73. The molecule has 1 aliphatic rings. The van der Waals surface area contributed by atoms with E-state index in [0.717, 1.165) is 19.3 Å². The maximum atomic E-state index is 12.8. The number of benzene rings is 1. The van der Waals surface area contributed by atoms with Gasteiger partial charge in [-0.1, -0.05) is 6.42 Å². The van der Waals surface area contributed by atoms with Gasteiger partial charge in [-0.25, -0.2) is 8.42 Å². The number of rotatable bonds is 5. The summed E-state index contributed by atoms with van der Waals surface area (Å²) in [6, 6.07) is 3.19. The van der Waals surface area contributed by atoms with E-state index in [0.29, 0.717) is 15.7 Å². The van der Waals surface area contributed by atoms with Crippen LogP contribution in [0, 0.1) is 6.92 Å². The zero-order chi connectivity index (χ0) is 14.9. The second kappa shape index (κ2) is 6.01. The summed E-state index contributed by atoms with van der Waals surface area (Å²) in [5.41, 5.74) is 6.85. The molecule has 5 nitrogen and oxygen atoms in total. The number of hydrogen-bond donors (Lipinski definition) is 2. The molecule has 0 radical (unpaired) electrons. The molecule has 3 N–H and O–H groups in total. The smallest absolute Gasteiger partial charge is 0.243 e. The predicted molar refractivity (Wildman–Crippen MR) is 81.9 cm³/mol. The highest BCUT2D eigenvalue weighted by Gasteiger charge is 2.35.